The molecule has 0 aliphatic heterocycles. The van der Waals surface area contributed by atoms with Gasteiger partial charge in [-0.2, -0.15) is 0 Å². The van der Waals surface area contributed by atoms with Crippen molar-refractivity contribution in [3.8, 4) is 0 Å². The molecule has 0 aromatic heterocycles. The van der Waals surface area contributed by atoms with Gasteiger partial charge in [-0.3, -0.25) is 0 Å². The topological polar surface area (TPSA) is 61.4 Å². The molecule has 0 radical (unpaired) electrons. The lowest BCUT2D eigenvalue weighted by atomic mass is 10.3. The maximum Gasteiger partial charge on any atom is 0.212 e. The molecule has 0 saturated carbocycles. The summed E-state index contributed by atoms with van der Waals surface area (Å²) in [5.41, 5.74) is 0. The molecule has 0 bridgehead atoms. The molecular formula is C9H23N3O2S. The predicted molar refractivity (Wildman–Crippen MR) is 63.5 cm³/mol. The number of rotatable bonds is 8. The highest BCUT2D eigenvalue weighted by atomic mass is 32.2. The van der Waals surface area contributed by atoms with Crippen molar-refractivity contribution in [2.24, 2.45) is 0 Å². The first-order valence-corrected chi connectivity index (χ1v) is 6.88. The van der Waals surface area contributed by atoms with Crippen LogP contribution in [0.2, 0.25) is 0 Å². The fourth-order valence-electron chi connectivity index (χ4n) is 0.886. The van der Waals surface area contributed by atoms with Crippen molar-refractivity contribution in [2.75, 3.05) is 39.5 Å². The molecule has 0 spiro atoms. The lowest BCUT2D eigenvalue weighted by molar-refractivity contribution is 0.314. The minimum Gasteiger partial charge on any atom is -0.316 e. The number of sulfonamides is 1. The summed E-state index contributed by atoms with van der Waals surface area (Å²) in [5.74, 6) is 0.140. The summed E-state index contributed by atoms with van der Waals surface area (Å²) in [6.45, 7) is 5.69. The summed E-state index contributed by atoms with van der Waals surface area (Å²) >= 11 is 0. The standard InChI is InChI=1S/C9H23N3O2S/c1-5-10-6-7-15(13,14)11-8-9(2)12(3)4/h9-11H,5-8H2,1-4H3. The van der Waals surface area contributed by atoms with Gasteiger partial charge in [0.25, 0.3) is 0 Å². The molecule has 92 valence electrons. The van der Waals surface area contributed by atoms with E-state index in [1.54, 1.807) is 0 Å². The molecule has 0 aliphatic carbocycles. The van der Waals surface area contributed by atoms with Crippen LogP contribution in [-0.2, 0) is 10.0 Å². The molecule has 0 fully saturated rings. The number of hydrogen-bond donors (Lipinski definition) is 2. The van der Waals surface area contributed by atoms with Crippen LogP contribution in [0.1, 0.15) is 13.8 Å². The largest absolute Gasteiger partial charge is 0.316 e. The summed E-state index contributed by atoms with van der Waals surface area (Å²) in [4.78, 5) is 1.98. The molecule has 0 aromatic carbocycles. The van der Waals surface area contributed by atoms with Gasteiger partial charge >= 0.3 is 0 Å². The third-order valence-electron chi connectivity index (χ3n) is 2.28. The summed E-state index contributed by atoms with van der Waals surface area (Å²) in [5, 5.41) is 2.99. The predicted octanol–water partition coefficient (Wildman–Crippen LogP) is -0.535. The van der Waals surface area contributed by atoms with Crippen LogP contribution >= 0.6 is 0 Å². The van der Waals surface area contributed by atoms with Crippen molar-refractivity contribution in [2.45, 2.75) is 19.9 Å². The van der Waals surface area contributed by atoms with Crippen LogP contribution in [0.4, 0.5) is 0 Å². The van der Waals surface area contributed by atoms with Gasteiger partial charge in [-0.05, 0) is 27.6 Å². The first-order valence-electron chi connectivity index (χ1n) is 5.23. The van der Waals surface area contributed by atoms with Crippen molar-refractivity contribution >= 4 is 10.0 Å². The first-order chi connectivity index (χ1) is 6.89. The van der Waals surface area contributed by atoms with E-state index >= 15 is 0 Å². The first kappa shape index (κ1) is 14.8. The zero-order valence-electron chi connectivity index (χ0n) is 10.1. The quantitative estimate of drug-likeness (QED) is 0.557. The minimum atomic E-state index is -3.12. The van der Waals surface area contributed by atoms with E-state index in [-0.39, 0.29) is 11.8 Å². The van der Waals surface area contributed by atoms with Crippen molar-refractivity contribution in [1.29, 1.82) is 0 Å². The van der Waals surface area contributed by atoms with Crippen molar-refractivity contribution in [3.63, 3.8) is 0 Å². The van der Waals surface area contributed by atoms with Gasteiger partial charge in [-0.25, -0.2) is 13.1 Å². The van der Waals surface area contributed by atoms with Crippen LogP contribution in [0, 0.1) is 0 Å². The molecular weight excluding hydrogens is 214 g/mol. The van der Waals surface area contributed by atoms with Gasteiger partial charge in [0, 0.05) is 19.1 Å². The molecule has 0 heterocycles. The van der Waals surface area contributed by atoms with E-state index in [0.29, 0.717) is 13.1 Å². The smallest absolute Gasteiger partial charge is 0.212 e. The SMILES string of the molecule is CCNCCS(=O)(=O)NCC(C)N(C)C. The van der Waals surface area contributed by atoms with Gasteiger partial charge in [-0.1, -0.05) is 6.92 Å². The second-order valence-corrected chi connectivity index (χ2v) is 5.76. The Balaban J connectivity index is 3.84. The van der Waals surface area contributed by atoms with Crippen LogP contribution in [-0.4, -0.2) is 58.8 Å². The maximum atomic E-state index is 11.5. The Kier molecular flexibility index (Phi) is 7.08. The molecule has 5 nitrogen and oxygen atoms in total. The summed E-state index contributed by atoms with van der Waals surface area (Å²) in [7, 11) is 0.735. The van der Waals surface area contributed by atoms with Crippen molar-refractivity contribution in [3.05, 3.63) is 0 Å². The van der Waals surface area contributed by atoms with E-state index in [4.69, 9.17) is 0 Å². The Morgan fingerprint density at radius 1 is 1.33 bits per heavy atom. The normalized spacial score (nSPS) is 14.5. The summed E-state index contributed by atoms with van der Waals surface area (Å²) in [6, 6.07) is 0.207. The van der Waals surface area contributed by atoms with E-state index in [2.05, 4.69) is 10.0 Å². The van der Waals surface area contributed by atoms with E-state index in [1.165, 1.54) is 0 Å². The third-order valence-corrected chi connectivity index (χ3v) is 3.63. The van der Waals surface area contributed by atoms with Crippen LogP contribution in [0.3, 0.4) is 0 Å². The molecule has 1 atom stereocenters. The lowest BCUT2D eigenvalue weighted by Crippen LogP contribution is -2.40. The van der Waals surface area contributed by atoms with E-state index in [9.17, 15) is 8.42 Å². The minimum absolute atomic E-state index is 0.140. The molecule has 2 N–H and O–H groups in total. The van der Waals surface area contributed by atoms with Gasteiger partial charge in [0.1, 0.15) is 0 Å². The van der Waals surface area contributed by atoms with Gasteiger partial charge in [0.05, 0.1) is 5.75 Å². The number of likely N-dealkylation sites (N-methyl/N-ethyl adjacent to an activating group) is 1. The highest BCUT2D eigenvalue weighted by molar-refractivity contribution is 7.89. The average Bonchev–Trinajstić information content (AvgIpc) is 2.14. The molecule has 1 unspecified atom stereocenters. The van der Waals surface area contributed by atoms with E-state index in [0.717, 1.165) is 6.54 Å². The highest BCUT2D eigenvalue weighted by Crippen LogP contribution is 1.91. The Labute approximate surface area is 93.3 Å². The van der Waals surface area contributed by atoms with Gasteiger partial charge in [0.15, 0.2) is 0 Å². The lowest BCUT2D eigenvalue weighted by Gasteiger charge is -2.19. The molecule has 6 heteroatoms. The van der Waals surface area contributed by atoms with Crippen LogP contribution in [0.15, 0.2) is 0 Å². The zero-order chi connectivity index (χ0) is 11.9. The zero-order valence-corrected chi connectivity index (χ0v) is 10.9. The fourth-order valence-corrected chi connectivity index (χ4v) is 1.94. The fraction of sp³-hybridized carbons (Fsp3) is 1.00. The van der Waals surface area contributed by atoms with Gasteiger partial charge in [-0.15, -0.1) is 0 Å². The molecule has 0 rings (SSSR count). The number of hydrogen-bond acceptors (Lipinski definition) is 4. The Morgan fingerprint density at radius 2 is 1.93 bits per heavy atom. The third kappa shape index (κ3) is 7.72. The van der Waals surface area contributed by atoms with E-state index < -0.39 is 10.0 Å². The van der Waals surface area contributed by atoms with E-state index in [1.807, 2.05) is 32.8 Å². The Bertz CT molecular complexity index is 252. The van der Waals surface area contributed by atoms with Crippen LogP contribution < -0.4 is 10.0 Å². The molecule has 0 aromatic rings. The monoisotopic (exact) mass is 237 g/mol. The molecule has 0 aliphatic rings. The molecule has 15 heavy (non-hydrogen) atoms. The van der Waals surface area contributed by atoms with Crippen molar-refractivity contribution < 1.29 is 8.42 Å². The van der Waals surface area contributed by atoms with Gasteiger partial charge in [0.2, 0.25) is 10.0 Å². The Hall–Kier alpha value is -0.170. The van der Waals surface area contributed by atoms with Crippen molar-refractivity contribution in [1.82, 2.24) is 14.9 Å². The second kappa shape index (κ2) is 7.16. The van der Waals surface area contributed by atoms with Crippen LogP contribution in [0.5, 0.6) is 0 Å². The van der Waals surface area contributed by atoms with Crippen LogP contribution in [0.25, 0.3) is 0 Å². The Morgan fingerprint density at radius 3 is 2.40 bits per heavy atom. The summed E-state index contributed by atoms with van der Waals surface area (Å²) < 4.78 is 25.5. The number of nitrogens with one attached hydrogen (secondary N) is 2. The second-order valence-electron chi connectivity index (χ2n) is 3.83. The van der Waals surface area contributed by atoms with Gasteiger partial charge < -0.3 is 10.2 Å². The summed E-state index contributed by atoms with van der Waals surface area (Å²) in [6.07, 6.45) is 0. The molecule has 0 saturated heterocycles. The molecule has 0 amide bonds. The number of nitrogens with zero attached hydrogens (tertiary/aromatic N) is 1. The average molecular weight is 237 g/mol. The maximum absolute atomic E-state index is 11.5. The highest BCUT2D eigenvalue weighted by Gasteiger charge is 2.12.